The number of hydrogen-bond acceptors (Lipinski definition) is 4. The van der Waals surface area contributed by atoms with Crippen molar-refractivity contribution in [3.05, 3.63) is 61.6 Å². The maximum Gasteiger partial charge on any atom is 0.254 e. The summed E-state index contributed by atoms with van der Waals surface area (Å²) in [6.45, 7) is 4.33. The molecule has 1 aliphatic rings. The van der Waals surface area contributed by atoms with Gasteiger partial charge >= 0.3 is 0 Å². The number of carbonyl (C=O) groups excluding carboxylic acids is 2. The number of benzene rings is 2. The van der Waals surface area contributed by atoms with E-state index in [1.54, 1.807) is 24.3 Å². The van der Waals surface area contributed by atoms with Crippen LogP contribution in [0.2, 0.25) is 15.1 Å². The summed E-state index contributed by atoms with van der Waals surface area (Å²) in [4.78, 5) is 23.3. The van der Waals surface area contributed by atoms with Gasteiger partial charge in [-0.05, 0) is 55.3 Å². The van der Waals surface area contributed by atoms with E-state index in [1.165, 1.54) is 0 Å². The average molecular weight is 455 g/mol. The van der Waals surface area contributed by atoms with Crippen LogP contribution in [0.3, 0.4) is 0 Å². The number of rotatable bonds is 6. The van der Waals surface area contributed by atoms with Crippen molar-refractivity contribution >= 4 is 52.7 Å². The summed E-state index contributed by atoms with van der Waals surface area (Å²) in [6, 6.07) is 6.86. The lowest BCUT2D eigenvalue weighted by Gasteiger charge is -2.16. The first-order chi connectivity index (χ1) is 13.8. The first-order valence-corrected chi connectivity index (χ1v) is 10.00. The van der Waals surface area contributed by atoms with Gasteiger partial charge in [0.1, 0.15) is 6.61 Å². The molecule has 0 unspecified atom stereocenters. The van der Waals surface area contributed by atoms with E-state index >= 15 is 0 Å². The fraction of sp³-hybridized carbons (Fsp3) is 0.238. The van der Waals surface area contributed by atoms with Crippen molar-refractivity contribution in [2.75, 3.05) is 6.61 Å². The van der Waals surface area contributed by atoms with E-state index in [0.717, 1.165) is 11.1 Å². The quantitative estimate of drug-likeness (QED) is 0.362. The highest BCUT2D eigenvalue weighted by molar-refractivity contribution is 6.43. The monoisotopic (exact) mass is 453 g/mol. The molecule has 1 fully saturated rings. The second kappa shape index (κ2) is 9.08. The Morgan fingerprint density at radius 1 is 1.10 bits per heavy atom. The molecule has 1 N–H and O–H groups in total. The fourth-order valence-corrected chi connectivity index (χ4v) is 3.68. The number of ether oxygens (including phenoxy) is 2. The maximum atomic E-state index is 11.8. The van der Waals surface area contributed by atoms with Gasteiger partial charge in [0.25, 0.3) is 5.91 Å². The summed E-state index contributed by atoms with van der Waals surface area (Å²) in [7, 11) is 0. The van der Waals surface area contributed by atoms with Crippen molar-refractivity contribution in [2.24, 2.45) is 0 Å². The molecule has 0 radical (unpaired) electrons. The van der Waals surface area contributed by atoms with Crippen molar-refractivity contribution in [3.8, 4) is 11.5 Å². The van der Waals surface area contributed by atoms with Crippen molar-refractivity contribution in [2.45, 2.75) is 26.9 Å². The molecule has 8 heteroatoms. The molecule has 2 aromatic carbocycles. The largest absolute Gasteiger partial charge is 0.490 e. The second-order valence-electron chi connectivity index (χ2n) is 6.47. The van der Waals surface area contributed by atoms with Gasteiger partial charge in [0.2, 0.25) is 5.91 Å². The Labute approximate surface area is 183 Å². The molecule has 0 spiro atoms. The minimum atomic E-state index is -0.385. The van der Waals surface area contributed by atoms with Crippen LogP contribution in [0.5, 0.6) is 11.5 Å². The highest BCUT2D eigenvalue weighted by atomic mass is 35.5. The first-order valence-electron chi connectivity index (χ1n) is 8.87. The zero-order chi connectivity index (χ0) is 21.1. The molecular formula is C21H18Cl3NO4. The first kappa shape index (κ1) is 21.5. The van der Waals surface area contributed by atoms with Crippen LogP contribution in [-0.2, 0) is 16.2 Å². The molecule has 1 aliphatic heterocycles. The van der Waals surface area contributed by atoms with E-state index in [1.807, 2.05) is 19.9 Å². The Morgan fingerprint density at radius 3 is 2.52 bits per heavy atom. The lowest BCUT2D eigenvalue weighted by Crippen LogP contribution is -2.19. The SMILES string of the molecule is CCOc1c(C)cc(/C=C2/CC(=O)NC2=O)cc1OCc1cc(Cl)cc(Cl)c1Cl. The van der Waals surface area contributed by atoms with Crippen molar-refractivity contribution in [1.82, 2.24) is 5.32 Å². The molecule has 5 nitrogen and oxygen atoms in total. The Bertz CT molecular complexity index is 1020. The van der Waals surface area contributed by atoms with Gasteiger partial charge in [-0.25, -0.2) is 0 Å². The van der Waals surface area contributed by atoms with E-state index in [-0.39, 0.29) is 24.8 Å². The third-order valence-corrected chi connectivity index (χ3v) is 5.30. The van der Waals surface area contributed by atoms with Gasteiger partial charge in [0.15, 0.2) is 11.5 Å². The Balaban J connectivity index is 1.94. The molecular weight excluding hydrogens is 437 g/mol. The third kappa shape index (κ3) is 5.04. The van der Waals surface area contributed by atoms with Gasteiger partial charge in [0.05, 0.1) is 23.1 Å². The molecule has 2 amide bonds. The lowest BCUT2D eigenvalue weighted by molar-refractivity contribution is -0.124. The molecule has 1 heterocycles. The van der Waals surface area contributed by atoms with Gasteiger partial charge < -0.3 is 9.47 Å². The predicted molar refractivity (Wildman–Crippen MR) is 114 cm³/mol. The summed E-state index contributed by atoms with van der Waals surface area (Å²) < 4.78 is 11.7. The molecule has 3 rings (SSSR count). The smallest absolute Gasteiger partial charge is 0.254 e. The summed E-state index contributed by atoms with van der Waals surface area (Å²) in [5, 5.41) is 3.43. The van der Waals surface area contributed by atoms with Crippen LogP contribution in [0.1, 0.15) is 30.0 Å². The third-order valence-electron chi connectivity index (χ3n) is 4.24. The van der Waals surface area contributed by atoms with E-state index in [2.05, 4.69) is 5.32 Å². The Kier molecular flexibility index (Phi) is 6.73. The van der Waals surface area contributed by atoms with Gasteiger partial charge in [-0.15, -0.1) is 0 Å². The fourth-order valence-electron chi connectivity index (χ4n) is 2.98. The summed E-state index contributed by atoms with van der Waals surface area (Å²) in [5.74, 6) is 0.374. The number of aryl methyl sites for hydroxylation is 1. The van der Waals surface area contributed by atoms with Crippen molar-refractivity contribution < 1.29 is 19.1 Å². The zero-order valence-corrected chi connectivity index (χ0v) is 18.0. The van der Waals surface area contributed by atoms with Crippen LogP contribution in [0.4, 0.5) is 0 Å². The molecule has 2 aromatic rings. The highest BCUT2D eigenvalue weighted by Crippen LogP contribution is 2.36. The highest BCUT2D eigenvalue weighted by Gasteiger charge is 2.24. The number of halogens is 3. The van der Waals surface area contributed by atoms with E-state index in [4.69, 9.17) is 44.3 Å². The predicted octanol–water partition coefficient (Wildman–Crippen LogP) is 5.36. The number of amides is 2. The summed E-state index contributed by atoms with van der Waals surface area (Å²) in [6.07, 6.45) is 1.72. The molecule has 0 saturated carbocycles. The van der Waals surface area contributed by atoms with Gasteiger partial charge in [-0.1, -0.05) is 34.8 Å². The van der Waals surface area contributed by atoms with Crippen LogP contribution in [-0.4, -0.2) is 18.4 Å². The van der Waals surface area contributed by atoms with Gasteiger partial charge in [-0.2, -0.15) is 0 Å². The van der Waals surface area contributed by atoms with Gasteiger partial charge in [0, 0.05) is 16.2 Å². The molecule has 29 heavy (non-hydrogen) atoms. The minimum absolute atomic E-state index is 0.0535. The van der Waals surface area contributed by atoms with Crippen molar-refractivity contribution in [1.29, 1.82) is 0 Å². The number of carbonyl (C=O) groups is 2. The summed E-state index contributed by atoms with van der Waals surface area (Å²) in [5.41, 5.74) is 2.58. The topological polar surface area (TPSA) is 64.6 Å². The van der Waals surface area contributed by atoms with E-state index in [0.29, 0.717) is 44.3 Å². The Morgan fingerprint density at radius 2 is 1.86 bits per heavy atom. The van der Waals surface area contributed by atoms with Crippen molar-refractivity contribution in [3.63, 3.8) is 0 Å². The minimum Gasteiger partial charge on any atom is -0.490 e. The normalized spacial score (nSPS) is 15.0. The lowest BCUT2D eigenvalue weighted by atomic mass is 10.1. The van der Waals surface area contributed by atoms with Crippen LogP contribution >= 0.6 is 34.8 Å². The molecule has 0 aliphatic carbocycles. The van der Waals surface area contributed by atoms with Gasteiger partial charge in [-0.3, -0.25) is 14.9 Å². The van der Waals surface area contributed by atoms with E-state index < -0.39 is 0 Å². The number of hydrogen-bond donors (Lipinski definition) is 1. The second-order valence-corrected chi connectivity index (χ2v) is 7.69. The molecule has 1 saturated heterocycles. The van der Waals surface area contributed by atoms with E-state index in [9.17, 15) is 9.59 Å². The van der Waals surface area contributed by atoms with Crippen LogP contribution in [0, 0.1) is 6.92 Å². The van der Waals surface area contributed by atoms with Crippen LogP contribution in [0.15, 0.2) is 29.8 Å². The van der Waals surface area contributed by atoms with Crippen LogP contribution in [0.25, 0.3) is 6.08 Å². The number of imide groups is 1. The Hall–Kier alpha value is -2.21. The zero-order valence-electron chi connectivity index (χ0n) is 15.8. The standard InChI is InChI=1S/C21H18Cl3NO4/c1-3-28-20-11(2)4-12(5-13-8-18(26)25-21(13)27)6-17(20)29-10-14-7-15(22)9-16(23)19(14)24/h4-7,9H,3,8,10H2,1-2H3,(H,25,26,27)/b13-5-. The number of nitrogens with one attached hydrogen (secondary N) is 1. The van der Waals surface area contributed by atoms with Crippen LogP contribution < -0.4 is 14.8 Å². The molecule has 0 atom stereocenters. The summed E-state index contributed by atoms with van der Waals surface area (Å²) >= 11 is 18.4. The molecule has 152 valence electrons. The molecule has 0 bridgehead atoms. The molecule has 0 aromatic heterocycles. The maximum absolute atomic E-state index is 11.8. The average Bonchev–Trinajstić information content (AvgIpc) is 2.96.